The molecule has 2 N–H and O–H groups in total. The van der Waals surface area contributed by atoms with Crippen molar-refractivity contribution in [3.8, 4) is 11.5 Å². The van der Waals surface area contributed by atoms with Crippen molar-refractivity contribution >= 4 is 0 Å². The van der Waals surface area contributed by atoms with E-state index in [0.717, 1.165) is 16.7 Å². The van der Waals surface area contributed by atoms with Gasteiger partial charge in [-0.05, 0) is 41.0 Å². The first kappa shape index (κ1) is 28.3. The molecule has 0 spiro atoms. The minimum Gasteiger partial charge on any atom is -0.497 e. The van der Waals surface area contributed by atoms with Gasteiger partial charge in [0.2, 0.25) is 0 Å². The highest BCUT2D eigenvalue weighted by molar-refractivity contribution is 5.49. The van der Waals surface area contributed by atoms with Gasteiger partial charge < -0.3 is 28.8 Å². The molecule has 5 rings (SSSR count). The second-order valence-electron chi connectivity index (χ2n) is 9.59. The maximum absolute atomic E-state index is 12.5. The van der Waals surface area contributed by atoms with Crippen molar-refractivity contribution in [2.24, 2.45) is 0 Å². The van der Waals surface area contributed by atoms with Gasteiger partial charge in [-0.1, -0.05) is 54.6 Å². The number of hydrogen-bond acceptors (Lipinski definition) is 8. The molecule has 1 aromatic heterocycles. The zero-order valence-corrected chi connectivity index (χ0v) is 22.9. The van der Waals surface area contributed by atoms with Crippen LogP contribution in [0.15, 0.2) is 101 Å². The molecule has 1 fully saturated rings. The number of aliphatic hydroxyl groups excluding tert-OH is 1. The summed E-state index contributed by atoms with van der Waals surface area (Å²) in [6.45, 7) is -0.0669. The molecule has 0 bridgehead atoms. The summed E-state index contributed by atoms with van der Waals surface area (Å²) in [5.74, 6) is 1.38. The molecule has 214 valence electrons. The number of H-pyrrole nitrogens is 1. The Morgan fingerprint density at radius 3 is 1.90 bits per heavy atom. The first-order chi connectivity index (χ1) is 19.9. The van der Waals surface area contributed by atoms with Crippen molar-refractivity contribution in [1.82, 2.24) is 9.55 Å². The number of hydrogen-bond donors (Lipinski definition) is 2. The highest BCUT2D eigenvalue weighted by atomic mass is 16.6. The number of methoxy groups -OCH3 is 3. The molecule has 41 heavy (non-hydrogen) atoms. The average Bonchev–Trinajstić information content (AvgIpc) is 3.33. The Hall–Kier alpha value is -4.22. The lowest BCUT2D eigenvalue weighted by Crippen LogP contribution is -2.40. The Kier molecular flexibility index (Phi) is 8.36. The largest absolute Gasteiger partial charge is 0.497 e. The van der Waals surface area contributed by atoms with E-state index in [1.165, 1.54) is 23.9 Å². The van der Waals surface area contributed by atoms with Gasteiger partial charge in [0.05, 0.1) is 20.8 Å². The molecule has 4 aromatic rings. The number of aliphatic hydroxyl groups is 1. The molecule has 0 amide bonds. The lowest BCUT2D eigenvalue weighted by molar-refractivity contribution is -0.0967. The van der Waals surface area contributed by atoms with Gasteiger partial charge in [-0.2, -0.15) is 0 Å². The Morgan fingerprint density at radius 1 is 0.829 bits per heavy atom. The van der Waals surface area contributed by atoms with E-state index in [2.05, 4.69) is 4.98 Å². The van der Waals surface area contributed by atoms with E-state index in [1.807, 2.05) is 78.9 Å². The average molecular weight is 561 g/mol. The fourth-order valence-electron chi connectivity index (χ4n) is 5.24. The van der Waals surface area contributed by atoms with Crippen molar-refractivity contribution in [3.05, 3.63) is 129 Å². The van der Waals surface area contributed by atoms with Crippen LogP contribution >= 0.6 is 0 Å². The molecular formula is C31H32N2O8. The van der Waals surface area contributed by atoms with Crippen LogP contribution in [0.1, 0.15) is 22.9 Å². The summed E-state index contributed by atoms with van der Waals surface area (Å²) in [4.78, 5) is 26.3. The maximum atomic E-state index is 12.5. The first-order valence-electron chi connectivity index (χ1n) is 13.1. The van der Waals surface area contributed by atoms with E-state index in [9.17, 15) is 14.7 Å². The monoisotopic (exact) mass is 560 g/mol. The summed E-state index contributed by atoms with van der Waals surface area (Å²) in [7, 11) is 4.64. The van der Waals surface area contributed by atoms with Crippen LogP contribution < -0.4 is 20.7 Å². The topological polar surface area (TPSA) is 121 Å². The molecule has 1 aliphatic heterocycles. The van der Waals surface area contributed by atoms with E-state index in [0.29, 0.717) is 11.5 Å². The lowest BCUT2D eigenvalue weighted by Gasteiger charge is -2.37. The fourth-order valence-corrected chi connectivity index (χ4v) is 5.24. The van der Waals surface area contributed by atoms with Gasteiger partial charge in [-0.15, -0.1) is 0 Å². The van der Waals surface area contributed by atoms with Gasteiger partial charge in [0.1, 0.15) is 35.4 Å². The maximum Gasteiger partial charge on any atom is 0.330 e. The molecule has 0 unspecified atom stereocenters. The molecule has 4 atom stereocenters. The zero-order chi connectivity index (χ0) is 29.0. The van der Waals surface area contributed by atoms with Crippen LogP contribution in [-0.4, -0.2) is 60.9 Å². The quantitative estimate of drug-likeness (QED) is 0.284. The molecule has 10 heteroatoms. The minimum atomic E-state index is -1.14. The number of nitrogens with zero attached hydrogens (tertiary/aromatic N) is 1. The predicted molar refractivity (Wildman–Crippen MR) is 150 cm³/mol. The second kappa shape index (κ2) is 12.1. The third-order valence-electron chi connectivity index (χ3n) is 7.35. The molecule has 0 saturated carbocycles. The first-order valence-corrected chi connectivity index (χ1v) is 13.1. The van der Waals surface area contributed by atoms with Crippen molar-refractivity contribution in [2.75, 3.05) is 27.9 Å². The summed E-state index contributed by atoms with van der Waals surface area (Å²) >= 11 is 0. The Balaban J connectivity index is 1.57. The summed E-state index contributed by atoms with van der Waals surface area (Å²) in [6, 6.07) is 26.1. The molecule has 3 aromatic carbocycles. The van der Waals surface area contributed by atoms with Gasteiger partial charge in [0, 0.05) is 19.4 Å². The third kappa shape index (κ3) is 5.42. The van der Waals surface area contributed by atoms with Crippen LogP contribution in [0.4, 0.5) is 0 Å². The number of aromatic nitrogens is 2. The van der Waals surface area contributed by atoms with Crippen molar-refractivity contribution in [1.29, 1.82) is 0 Å². The van der Waals surface area contributed by atoms with Gasteiger partial charge in [0.15, 0.2) is 6.23 Å². The minimum absolute atomic E-state index is 0.0669. The summed E-state index contributed by atoms with van der Waals surface area (Å²) in [6.07, 6.45) is -2.56. The molecule has 0 radical (unpaired) electrons. The van der Waals surface area contributed by atoms with Crippen LogP contribution in [-0.2, 0) is 19.8 Å². The second-order valence-corrected chi connectivity index (χ2v) is 9.59. The molecule has 2 heterocycles. The predicted octanol–water partition coefficient (Wildman–Crippen LogP) is 2.84. The van der Waals surface area contributed by atoms with Gasteiger partial charge in [-0.3, -0.25) is 14.3 Å². The van der Waals surface area contributed by atoms with Crippen LogP contribution in [0.2, 0.25) is 0 Å². The van der Waals surface area contributed by atoms with Crippen molar-refractivity contribution < 1.29 is 28.8 Å². The van der Waals surface area contributed by atoms with Crippen LogP contribution in [0.5, 0.6) is 11.5 Å². The molecule has 1 saturated heterocycles. The number of aromatic amines is 1. The highest BCUT2D eigenvalue weighted by Gasteiger charge is 2.47. The van der Waals surface area contributed by atoms with Crippen molar-refractivity contribution in [2.45, 2.75) is 30.1 Å². The van der Waals surface area contributed by atoms with Gasteiger partial charge >= 0.3 is 5.69 Å². The number of nitrogens with one attached hydrogen (secondary N) is 1. The fraction of sp³-hybridized carbons (Fsp3) is 0.290. The normalized spacial score (nSPS) is 20.6. The van der Waals surface area contributed by atoms with Crippen LogP contribution in [0.3, 0.4) is 0 Å². The SMILES string of the molecule is COc1ccc(C(OC[C@H]2O[C@@H](n3ccc(=O)[nH]c3=O)[C@H](OC)[C@H]2O)(c2ccccc2)c2ccc(OC)cc2)cc1. The Morgan fingerprint density at radius 2 is 1.39 bits per heavy atom. The van der Waals surface area contributed by atoms with Gasteiger partial charge in [0.25, 0.3) is 5.56 Å². The number of benzene rings is 3. The highest BCUT2D eigenvalue weighted by Crippen LogP contribution is 2.43. The zero-order valence-electron chi connectivity index (χ0n) is 22.9. The number of rotatable bonds is 10. The van der Waals surface area contributed by atoms with E-state index in [4.69, 9.17) is 23.7 Å². The van der Waals surface area contributed by atoms with Crippen LogP contribution in [0.25, 0.3) is 0 Å². The lowest BCUT2D eigenvalue weighted by atomic mass is 9.80. The molecule has 1 aliphatic rings. The van der Waals surface area contributed by atoms with Crippen LogP contribution in [0, 0.1) is 0 Å². The summed E-state index contributed by atoms with van der Waals surface area (Å²) < 4.78 is 30.5. The van der Waals surface area contributed by atoms with E-state index in [1.54, 1.807) is 14.2 Å². The third-order valence-corrected chi connectivity index (χ3v) is 7.35. The van der Waals surface area contributed by atoms with Crippen molar-refractivity contribution in [3.63, 3.8) is 0 Å². The molecule has 10 nitrogen and oxygen atoms in total. The van der Waals surface area contributed by atoms with E-state index in [-0.39, 0.29) is 6.61 Å². The van der Waals surface area contributed by atoms with Gasteiger partial charge in [-0.25, -0.2) is 4.79 Å². The Labute approximate surface area is 236 Å². The smallest absolute Gasteiger partial charge is 0.330 e. The Bertz CT molecular complexity index is 1500. The van der Waals surface area contributed by atoms with E-state index < -0.39 is 41.4 Å². The summed E-state index contributed by atoms with van der Waals surface area (Å²) in [5.41, 5.74) is 0.147. The van der Waals surface area contributed by atoms with E-state index >= 15 is 0 Å². The molecule has 0 aliphatic carbocycles. The number of ether oxygens (including phenoxy) is 5. The standard InChI is InChI=1S/C31H32N2O8/c1-37-23-13-9-21(10-14-23)31(20-7-5-4-6-8-20,22-11-15-24(38-2)16-12-22)40-19-25-27(35)28(39-3)29(41-25)33-18-17-26(34)32-30(33)36/h4-18,25,27-29,35H,19H2,1-3H3,(H,32,34,36)/t25-,27+,28-,29-/m1/s1. The summed E-state index contributed by atoms with van der Waals surface area (Å²) in [5, 5.41) is 11.2. The molecular weight excluding hydrogens is 528 g/mol.